The molecule has 19 heavy (non-hydrogen) atoms. The number of rotatable bonds is 3. The van der Waals surface area contributed by atoms with E-state index in [9.17, 15) is 4.79 Å². The molecule has 1 saturated heterocycles. The highest BCUT2D eigenvalue weighted by atomic mass is 32.1. The number of carbonyl (C=O) groups excluding carboxylic acids is 1. The summed E-state index contributed by atoms with van der Waals surface area (Å²) in [6, 6.07) is 2.16. The second-order valence-electron chi connectivity index (χ2n) is 4.71. The number of nitrogens with zero attached hydrogens (tertiary/aromatic N) is 2. The number of nitrogens with one attached hydrogen (secondary N) is 1. The molecule has 1 atom stereocenters. The van der Waals surface area contributed by atoms with Gasteiger partial charge in [0.2, 0.25) is 0 Å². The minimum atomic E-state index is 0.0455. The van der Waals surface area contributed by atoms with Crippen LogP contribution in [-0.2, 0) is 0 Å². The van der Waals surface area contributed by atoms with Crippen molar-refractivity contribution in [1.29, 1.82) is 0 Å². The van der Waals surface area contributed by atoms with Crippen LogP contribution in [0, 0.1) is 6.92 Å². The molecule has 2 aromatic heterocycles. The first kappa shape index (κ1) is 12.6. The van der Waals surface area contributed by atoms with E-state index in [-0.39, 0.29) is 11.9 Å². The number of thiophene rings is 1. The topological polar surface area (TPSA) is 45.2 Å². The summed E-state index contributed by atoms with van der Waals surface area (Å²) in [6.07, 6.45) is 2.80. The van der Waals surface area contributed by atoms with Gasteiger partial charge in [-0.15, -0.1) is 22.7 Å². The minimum absolute atomic E-state index is 0.0455. The molecular formula is C13H15N3OS2. The first-order valence-electron chi connectivity index (χ1n) is 6.23. The molecule has 1 N–H and O–H groups in total. The summed E-state index contributed by atoms with van der Waals surface area (Å²) in [7, 11) is 0. The van der Waals surface area contributed by atoms with Gasteiger partial charge < -0.3 is 10.2 Å². The summed E-state index contributed by atoms with van der Waals surface area (Å²) in [4.78, 5) is 19.4. The molecule has 0 spiro atoms. The van der Waals surface area contributed by atoms with E-state index in [0.717, 1.165) is 35.1 Å². The normalized spacial score (nSPS) is 18.8. The van der Waals surface area contributed by atoms with E-state index in [4.69, 9.17) is 0 Å². The van der Waals surface area contributed by atoms with Crippen molar-refractivity contribution >= 4 is 33.7 Å². The fraction of sp³-hybridized carbons (Fsp3) is 0.385. The lowest BCUT2D eigenvalue weighted by atomic mass is 10.2. The molecule has 0 aromatic carbocycles. The molecular weight excluding hydrogens is 278 g/mol. The van der Waals surface area contributed by atoms with Crippen LogP contribution in [0.4, 0.5) is 5.13 Å². The van der Waals surface area contributed by atoms with Crippen LogP contribution >= 0.6 is 22.7 Å². The second-order valence-corrected chi connectivity index (χ2v) is 6.49. The maximum Gasteiger partial charge on any atom is 0.261 e. The molecule has 0 radical (unpaired) electrons. The molecule has 1 fully saturated rings. The third-order valence-electron chi connectivity index (χ3n) is 3.17. The zero-order valence-electron chi connectivity index (χ0n) is 10.6. The number of aromatic nitrogens is 1. The van der Waals surface area contributed by atoms with Gasteiger partial charge >= 0.3 is 0 Å². The smallest absolute Gasteiger partial charge is 0.261 e. The van der Waals surface area contributed by atoms with Gasteiger partial charge in [-0.25, -0.2) is 4.98 Å². The van der Waals surface area contributed by atoms with Crippen molar-refractivity contribution in [2.75, 3.05) is 18.0 Å². The van der Waals surface area contributed by atoms with E-state index in [1.165, 1.54) is 11.3 Å². The quantitative estimate of drug-likeness (QED) is 0.946. The summed E-state index contributed by atoms with van der Waals surface area (Å²) in [6.45, 7) is 3.82. The van der Waals surface area contributed by atoms with Crippen LogP contribution < -0.4 is 10.2 Å². The van der Waals surface area contributed by atoms with Gasteiger partial charge in [0.15, 0.2) is 5.13 Å². The molecule has 6 heteroatoms. The zero-order chi connectivity index (χ0) is 13.2. The third kappa shape index (κ3) is 2.79. The average molecular weight is 293 g/mol. The van der Waals surface area contributed by atoms with Gasteiger partial charge in [-0.2, -0.15) is 0 Å². The first-order chi connectivity index (χ1) is 9.22. The van der Waals surface area contributed by atoms with E-state index in [1.54, 1.807) is 11.3 Å². The lowest BCUT2D eigenvalue weighted by molar-refractivity contribution is 0.0944. The molecule has 1 aliphatic rings. The van der Waals surface area contributed by atoms with Crippen LogP contribution in [0.1, 0.15) is 21.7 Å². The monoisotopic (exact) mass is 293 g/mol. The number of thiazole rings is 1. The number of hydrogen-bond acceptors (Lipinski definition) is 5. The van der Waals surface area contributed by atoms with Crippen LogP contribution in [0.25, 0.3) is 0 Å². The minimum Gasteiger partial charge on any atom is -0.347 e. The molecule has 2 aromatic rings. The highest BCUT2D eigenvalue weighted by Gasteiger charge is 2.25. The molecule has 1 amide bonds. The Bertz CT molecular complexity index is 564. The fourth-order valence-corrected chi connectivity index (χ4v) is 3.71. The van der Waals surface area contributed by atoms with Crippen molar-refractivity contribution < 1.29 is 4.79 Å². The molecule has 0 saturated carbocycles. The molecule has 3 rings (SSSR count). The number of carbonyl (C=O) groups is 1. The lowest BCUT2D eigenvalue weighted by Crippen LogP contribution is -2.36. The summed E-state index contributed by atoms with van der Waals surface area (Å²) in [5, 5.41) is 8.14. The van der Waals surface area contributed by atoms with Crippen LogP contribution in [0.2, 0.25) is 0 Å². The zero-order valence-corrected chi connectivity index (χ0v) is 12.3. The highest BCUT2D eigenvalue weighted by Crippen LogP contribution is 2.22. The molecule has 4 nitrogen and oxygen atoms in total. The molecule has 0 unspecified atom stereocenters. The van der Waals surface area contributed by atoms with Gasteiger partial charge in [0.05, 0.1) is 4.88 Å². The van der Waals surface area contributed by atoms with Crippen LogP contribution in [0.15, 0.2) is 23.0 Å². The Hall–Kier alpha value is -1.40. The Morgan fingerprint density at radius 1 is 1.53 bits per heavy atom. The summed E-state index contributed by atoms with van der Waals surface area (Å²) in [5.74, 6) is 0.0455. The largest absolute Gasteiger partial charge is 0.347 e. The fourth-order valence-electron chi connectivity index (χ4n) is 2.23. The van der Waals surface area contributed by atoms with Gasteiger partial charge in [0, 0.05) is 30.7 Å². The maximum absolute atomic E-state index is 12.1. The van der Waals surface area contributed by atoms with Crippen molar-refractivity contribution in [2.24, 2.45) is 0 Å². The van der Waals surface area contributed by atoms with Crippen LogP contribution in [-0.4, -0.2) is 30.0 Å². The van der Waals surface area contributed by atoms with Crippen molar-refractivity contribution in [2.45, 2.75) is 19.4 Å². The number of anilines is 1. The first-order valence-corrected chi connectivity index (χ1v) is 7.99. The van der Waals surface area contributed by atoms with Crippen molar-refractivity contribution in [3.05, 3.63) is 33.5 Å². The van der Waals surface area contributed by atoms with Gasteiger partial charge in [0.1, 0.15) is 0 Å². The number of amides is 1. The van der Waals surface area contributed by atoms with E-state index >= 15 is 0 Å². The molecule has 3 heterocycles. The Labute approximate surface area is 120 Å². The molecule has 1 aliphatic heterocycles. The summed E-state index contributed by atoms with van der Waals surface area (Å²) < 4.78 is 0. The predicted octanol–water partition coefficient (Wildman–Crippen LogP) is 2.52. The second kappa shape index (κ2) is 5.30. The Morgan fingerprint density at radius 3 is 3.11 bits per heavy atom. The van der Waals surface area contributed by atoms with E-state index < -0.39 is 0 Å². The van der Waals surface area contributed by atoms with Gasteiger partial charge in [-0.1, -0.05) is 0 Å². The molecule has 100 valence electrons. The van der Waals surface area contributed by atoms with E-state index in [1.807, 2.05) is 29.9 Å². The standard InChI is InChI=1S/C13H15N3OS2/c1-9-6-11(19-8-9)12(17)15-10-2-4-16(7-10)13-14-3-5-18-13/h3,5-6,8,10H,2,4,7H2,1H3,(H,15,17)/t10-/m0/s1. The Kier molecular flexibility index (Phi) is 3.52. The number of aryl methyl sites for hydroxylation is 1. The van der Waals surface area contributed by atoms with Gasteiger partial charge in [-0.3, -0.25) is 4.79 Å². The SMILES string of the molecule is Cc1csc(C(=O)N[C@H]2CCN(c3nccs3)C2)c1. The van der Waals surface area contributed by atoms with Crippen molar-refractivity contribution in [1.82, 2.24) is 10.3 Å². The Balaban J connectivity index is 1.59. The maximum atomic E-state index is 12.1. The van der Waals surface area contributed by atoms with E-state index in [0.29, 0.717) is 0 Å². The van der Waals surface area contributed by atoms with E-state index in [2.05, 4.69) is 15.2 Å². The number of hydrogen-bond donors (Lipinski definition) is 1. The lowest BCUT2D eigenvalue weighted by Gasteiger charge is -2.15. The predicted molar refractivity (Wildman–Crippen MR) is 79.3 cm³/mol. The molecule has 0 aliphatic carbocycles. The van der Waals surface area contributed by atoms with Crippen molar-refractivity contribution in [3.63, 3.8) is 0 Å². The van der Waals surface area contributed by atoms with Gasteiger partial charge in [0.25, 0.3) is 5.91 Å². The van der Waals surface area contributed by atoms with Gasteiger partial charge in [-0.05, 0) is 30.4 Å². The summed E-state index contributed by atoms with van der Waals surface area (Å²) >= 11 is 3.15. The van der Waals surface area contributed by atoms with Crippen LogP contribution in [0.3, 0.4) is 0 Å². The highest BCUT2D eigenvalue weighted by molar-refractivity contribution is 7.13. The average Bonchev–Trinajstić information content (AvgIpc) is 3.07. The third-order valence-corrected chi connectivity index (χ3v) is 5.05. The van der Waals surface area contributed by atoms with Crippen LogP contribution in [0.5, 0.6) is 0 Å². The van der Waals surface area contributed by atoms with Crippen molar-refractivity contribution in [3.8, 4) is 0 Å². The molecule has 0 bridgehead atoms. The Morgan fingerprint density at radius 2 is 2.42 bits per heavy atom. The summed E-state index contributed by atoms with van der Waals surface area (Å²) in [5.41, 5.74) is 1.14.